The molecule has 1 aromatic carbocycles. The first-order valence-electron chi connectivity index (χ1n) is 6.35. The molecule has 1 aromatic heterocycles. The fourth-order valence-corrected chi connectivity index (χ4v) is 2.07. The van der Waals surface area contributed by atoms with Gasteiger partial charge < -0.3 is 14.3 Å². The van der Waals surface area contributed by atoms with Crippen LogP contribution in [0.25, 0.3) is 11.0 Å². The van der Waals surface area contributed by atoms with Gasteiger partial charge in [-0.05, 0) is 25.5 Å². The number of ether oxygens (including phenoxy) is 1. The Morgan fingerprint density at radius 1 is 1.33 bits per heavy atom. The van der Waals surface area contributed by atoms with Gasteiger partial charge in [0, 0.05) is 25.0 Å². The Morgan fingerprint density at radius 3 is 2.67 bits per heavy atom. The standard InChI is InChI=1S/C15H14O6/c1-8-11(5-6-14(17)18)15(19)12-4-3-10(21-9(2)16)7-13(12)20-8/h3-4,7H,5-6H2,1-2H3,(H,17,18). The molecule has 0 radical (unpaired) electrons. The van der Waals surface area contributed by atoms with E-state index in [0.29, 0.717) is 22.3 Å². The van der Waals surface area contributed by atoms with Crippen molar-refractivity contribution in [2.45, 2.75) is 26.7 Å². The molecule has 2 aromatic rings. The number of aliphatic carboxylic acids is 1. The van der Waals surface area contributed by atoms with Crippen LogP contribution in [0.15, 0.2) is 27.4 Å². The van der Waals surface area contributed by atoms with Crippen LogP contribution in [0.5, 0.6) is 5.75 Å². The van der Waals surface area contributed by atoms with Crippen LogP contribution >= 0.6 is 0 Å². The Hall–Kier alpha value is -2.63. The summed E-state index contributed by atoms with van der Waals surface area (Å²) in [4.78, 5) is 33.9. The third-order valence-corrected chi connectivity index (χ3v) is 3.01. The number of carboxylic acids is 1. The predicted octanol–water partition coefficient (Wildman–Crippen LogP) is 2.04. The Balaban J connectivity index is 2.50. The van der Waals surface area contributed by atoms with Crippen LogP contribution in [-0.4, -0.2) is 17.0 Å². The van der Waals surface area contributed by atoms with E-state index in [4.69, 9.17) is 14.3 Å². The van der Waals surface area contributed by atoms with E-state index in [9.17, 15) is 14.4 Å². The molecule has 0 fully saturated rings. The Morgan fingerprint density at radius 2 is 2.05 bits per heavy atom. The van der Waals surface area contributed by atoms with Crippen molar-refractivity contribution < 1.29 is 23.8 Å². The van der Waals surface area contributed by atoms with Gasteiger partial charge in [0.05, 0.1) is 5.39 Å². The normalized spacial score (nSPS) is 10.6. The molecule has 0 aliphatic heterocycles. The average Bonchev–Trinajstić information content (AvgIpc) is 2.36. The van der Waals surface area contributed by atoms with Crippen molar-refractivity contribution in [3.05, 3.63) is 39.7 Å². The Kier molecular flexibility index (Phi) is 4.07. The topological polar surface area (TPSA) is 93.8 Å². The lowest BCUT2D eigenvalue weighted by molar-refractivity contribution is -0.137. The van der Waals surface area contributed by atoms with Gasteiger partial charge in [-0.15, -0.1) is 0 Å². The summed E-state index contributed by atoms with van der Waals surface area (Å²) >= 11 is 0. The minimum Gasteiger partial charge on any atom is -0.481 e. The summed E-state index contributed by atoms with van der Waals surface area (Å²) in [6.45, 7) is 2.89. The highest BCUT2D eigenvalue weighted by Crippen LogP contribution is 2.21. The fourth-order valence-electron chi connectivity index (χ4n) is 2.07. The summed E-state index contributed by atoms with van der Waals surface area (Å²) < 4.78 is 10.5. The van der Waals surface area contributed by atoms with Gasteiger partial charge in [0.25, 0.3) is 0 Å². The van der Waals surface area contributed by atoms with Gasteiger partial charge in [0.2, 0.25) is 0 Å². The molecular weight excluding hydrogens is 276 g/mol. The van der Waals surface area contributed by atoms with E-state index in [-0.39, 0.29) is 24.0 Å². The van der Waals surface area contributed by atoms with Crippen molar-refractivity contribution in [2.75, 3.05) is 0 Å². The van der Waals surface area contributed by atoms with Crippen molar-refractivity contribution in [1.29, 1.82) is 0 Å². The van der Waals surface area contributed by atoms with E-state index in [1.54, 1.807) is 6.92 Å². The molecule has 0 bridgehead atoms. The predicted molar refractivity (Wildman–Crippen MR) is 74.5 cm³/mol. The summed E-state index contributed by atoms with van der Waals surface area (Å²) in [5.41, 5.74) is 0.393. The third-order valence-electron chi connectivity index (χ3n) is 3.01. The number of fused-ring (bicyclic) bond motifs is 1. The molecule has 0 atom stereocenters. The van der Waals surface area contributed by atoms with Crippen molar-refractivity contribution in [3.8, 4) is 5.75 Å². The Bertz CT molecular complexity index is 772. The molecule has 0 saturated heterocycles. The summed E-state index contributed by atoms with van der Waals surface area (Å²) in [6.07, 6.45) is -0.0201. The lowest BCUT2D eigenvalue weighted by Gasteiger charge is -2.07. The van der Waals surface area contributed by atoms with Gasteiger partial charge in [-0.25, -0.2) is 0 Å². The SMILES string of the molecule is CC(=O)Oc1ccc2c(=O)c(CCC(=O)O)c(C)oc2c1. The van der Waals surface area contributed by atoms with Crippen LogP contribution in [0.1, 0.15) is 24.7 Å². The highest BCUT2D eigenvalue weighted by Gasteiger charge is 2.13. The first kappa shape index (κ1) is 14.8. The largest absolute Gasteiger partial charge is 0.481 e. The van der Waals surface area contributed by atoms with Crippen LogP contribution in [0.4, 0.5) is 0 Å². The van der Waals surface area contributed by atoms with E-state index in [0.717, 1.165) is 0 Å². The molecule has 21 heavy (non-hydrogen) atoms. The second-order valence-corrected chi connectivity index (χ2v) is 4.61. The number of hydrogen-bond acceptors (Lipinski definition) is 5. The maximum atomic E-state index is 12.3. The molecule has 0 unspecified atom stereocenters. The van der Waals surface area contributed by atoms with E-state index in [1.807, 2.05) is 0 Å². The number of aryl methyl sites for hydroxylation is 1. The molecular formula is C15H14O6. The summed E-state index contributed by atoms with van der Waals surface area (Å²) in [5.74, 6) is -0.782. The quantitative estimate of drug-likeness (QED) is 0.684. The first-order chi connectivity index (χ1) is 9.88. The van der Waals surface area contributed by atoms with Gasteiger partial charge in [-0.2, -0.15) is 0 Å². The molecule has 6 heteroatoms. The number of carbonyl (C=O) groups is 2. The molecule has 1 heterocycles. The van der Waals surface area contributed by atoms with Gasteiger partial charge >= 0.3 is 11.9 Å². The molecule has 110 valence electrons. The fraction of sp³-hybridized carbons (Fsp3) is 0.267. The van der Waals surface area contributed by atoms with Crippen molar-refractivity contribution >= 4 is 22.9 Å². The molecule has 0 saturated carbocycles. The second kappa shape index (κ2) is 5.78. The molecule has 1 N–H and O–H groups in total. The van der Waals surface area contributed by atoms with Crippen LogP contribution in [0, 0.1) is 6.92 Å². The molecule has 0 amide bonds. The number of benzene rings is 1. The number of rotatable bonds is 4. The van der Waals surface area contributed by atoms with Gasteiger partial charge in [0.1, 0.15) is 17.1 Å². The summed E-state index contributed by atoms with van der Waals surface area (Å²) in [6, 6.07) is 4.46. The number of esters is 1. The molecule has 0 aliphatic carbocycles. The zero-order chi connectivity index (χ0) is 15.6. The number of hydrogen-bond donors (Lipinski definition) is 1. The second-order valence-electron chi connectivity index (χ2n) is 4.61. The summed E-state index contributed by atoms with van der Waals surface area (Å²) in [5, 5.41) is 9.04. The third kappa shape index (κ3) is 3.28. The van der Waals surface area contributed by atoms with Crippen LogP contribution < -0.4 is 10.2 Å². The zero-order valence-corrected chi connectivity index (χ0v) is 11.6. The number of carbonyl (C=O) groups excluding carboxylic acids is 1. The number of carboxylic acid groups (broad SMARTS) is 1. The summed E-state index contributed by atoms with van der Waals surface area (Å²) in [7, 11) is 0. The Labute approximate surface area is 119 Å². The maximum Gasteiger partial charge on any atom is 0.308 e. The van der Waals surface area contributed by atoms with E-state index in [1.165, 1.54) is 25.1 Å². The van der Waals surface area contributed by atoms with E-state index >= 15 is 0 Å². The van der Waals surface area contributed by atoms with Crippen molar-refractivity contribution in [3.63, 3.8) is 0 Å². The van der Waals surface area contributed by atoms with Crippen LogP contribution in [0.3, 0.4) is 0 Å². The average molecular weight is 290 g/mol. The van der Waals surface area contributed by atoms with Crippen molar-refractivity contribution in [1.82, 2.24) is 0 Å². The highest BCUT2D eigenvalue weighted by atomic mass is 16.5. The molecule has 0 aliphatic rings. The van der Waals surface area contributed by atoms with E-state index < -0.39 is 11.9 Å². The van der Waals surface area contributed by atoms with Crippen LogP contribution in [0.2, 0.25) is 0 Å². The lowest BCUT2D eigenvalue weighted by atomic mass is 10.1. The molecule has 2 rings (SSSR count). The minimum atomic E-state index is -0.973. The van der Waals surface area contributed by atoms with Gasteiger partial charge in [-0.3, -0.25) is 14.4 Å². The smallest absolute Gasteiger partial charge is 0.308 e. The molecule has 0 spiro atoms. The van der Waals surface area contributed by atoms with Gasteiger partial charge in [-0.1, -0.05) is 0 Å². The van der Waals surface area contributed by atoms with Crippen LogP contribution in [-0.2, 0) is 16.0 Å². The monoisotopic (exact) mass is 290 g/mol. The minimum absolute atomic E-state index is 0.116. The lowest BCUT2D eigenvalue weighted by Crippen LogP contribution is -2.13. The van der Waals surface area contributed by atoms with Crippen molar-refractivity contribution in [2.24, 2.45) is 0 Å². The maximum absolute atomic E-state index is 12.3. The zero-order valence-electron chi connectivity index (χ0n) is 11.6. The van der Waals surface area contributed by atoms with E-state index in [2.05, 4.69) is 0 Å². The highest BCUT2D eigenvalue weighted by molar-refractivity contribution is 5.80. The first-order valence-corrected chi connectivity index (χ1v) is 6.35. The molecule has 6 nitrogen and oxygen atoms in total. The van der Waals surface area contributed by atoms with Gasteiger partial charge in [0.15, 0.2) is 5.43 Å².